The predicted octanol–water partition coefficient (Wildman–Crippen LogP) is 4.00. The summed E-state index contributed by atoms with van der Waals surface area (Å²) in [6, 6.07) is 16.0. The van der Waals surface area contributed by atoms with Crippen LogP contribution in [0.15, 0.2) is 52.9 Å². The van der Waals surface area contributed by atoms with Crippen LogP contribution < -0.4 is 5.32 Å². The van der Waals surface area contributed by atoms with Gasteiger partial charge in [-0.15, -0.1) is 0 Å². The monoisotopic (exact) mass is 356 g/mol. The Morgan fingerprint density at radius 1 is 1.12 bits per heavy atom. The number of benzene rings is 2. The van der Waals surface area contributed by atoms with Gasteiger partial charge in [-0.3, -0.25) is 4.21 Å². The van der Waals surface area contributed by atoms with Crippen molar-refractivity contribution in [1.82, 2.24) is 4.98 Å². The Kier molecular flexibility index (Phi) is 4.81. The average molecular weight is 356 g/mol. The van der Waals surface area contributed by atoms with Crippen molar-refractivity contribution in [3.63, 3.8) is 0 Å². The van der Waals surface area contributed by atoms with Gasteiger partial charge in [-0.05, 0) is 42.7 Å². The highest BCUT2D eigenvalue weighted by Gasteiger charge is 2.20. The van der Waals surface area contributed by atoms with Crippen LogP contribution in [-0.2, 0) is 21.3 Å². The molecule has 0 saturated carbocycles. The minimum absolute atomic E-state index is 0.238. The van der Waals surface area contributed by atoms with Crippen molar-refractivity contribution in [3.8, 4) is 0 Å². The number of para-hydroxylation sites is 2. The second kappa shape index (κ2) is 7.37. The van der Waals surface area contributed by atoms with Crippen molar-refractivity contribution >= 4 is 33.6 Å². The Labute approximate surface area is 148 Å². The average Bonchev–Trinajstić information content (AvgIpc) is 3.05. The lowest BCUT2D eigenvalue weighted by atomic mass is 10.2. The Morgan fingerprint density at radius 2 is 1.96 bits per heavy atom. The van der Waals surface area contributed by atoms with E-state index in [1.165, 1.54) is 0 Å². The molecule has 1 unspecified atom stereocenters. The van der Waals surface area contributed by atoms with Crippen molar-refractivity contribution in [3.05, 3.63) is 54.1 Å². The third kappa shape index (κ3) is 3.91. The standard InChI is InChI=1S/C19H20N2O3S/c22-25(16-8-10-23-11-9-16)13-14-4-3-5-15(12-14)20-19-21-17-6-1-2-7-18(17)24-19/h1-7,12,16H,8-11,13H2,(H,20,21). The second-order valence-electron chi connectivity index (χ2n) is 6.15. The molecule has 2 heterocycles. The van der Waals surface area contributed by atoms with Crippen molar-refractivity contribution in [1.29, 1.82) is 0 Å². The fraction of sp³-hybridized carbons (Fsp3) is 0.316. The molecule has 130 valence electrons. The van der Waals surface area contributed by atoms with E-state index in [2.05, 4.69) is 10.3 Å². The maximum atomic E-state index is 12.6. The summed E-state index contributed by atoms with van der Waals surface area (Å²) in [6.07, 6.45) is 1.76. The molecule has 3 aromatic rings. The summed E-state index contributed by atoms with van der Waals surface area (Å²) < 4.78 is 23.6. The first-order valence-electron chi connectivity index (χ1n) is 8.44. The van der Waals surface area contributed by atoms with E-state index in [1.54, 1.807) is 0 Å². The molecule has 4 rings (SSSR count). The Bertz CT molecular complexity index is 854. The minimum atomic E-state index is -0.871. The molecule has 1 atom stereocenters. The molecular formula is C19H20N2O3S. The largest absolute Gasteiger partial charge is 0.423 e. The number of hydrogen-bond donors (Lipinski definition) is 1. The van der Waals surface area contributed by atoms with Gasteiger partial charge in [0.25, 0.3) is 6.01 Å². The molecule has 1 N–H and O–H groups in total. The minimum Gasteiger partial charge on any atom is -0.423 e. The molecule has 0 bridgehead atoms. The summed E-state index contributed by atoms with van der Waals surface area (Å²) in [4.78, 5) is 4.42. The molecule has 6 heteroatoms. The number of anilines is 2. The van der Waals surface area contributed by atoms with Gasteiger partial charge in [-0.25, -0.2) is 0 Å². The van der Waals surface area contributed by atoms with Crippen LogP contribution >= 0.6 is 0 Å². The maximum Gasteiger partial charge on any atom is 0.300 e. The summed E-state index contributed by atoms with van der Waals surface area (Å²) >= 11 is 0. The molecule has 2 aromatic carbocycles. The normalized spacial score (nSPS) is 16.8. The summed E-state index contributed by atoms with van der Waals surface area (Å²) in [5.74, 6) is 0.563. The highest BCUT2D eigenvalue weighted by atomic mass is 32.2. The van der Waals surface area contributed by atoms with E-state index in [-0.39, 0.29) is 5.25 Å². The number of aromatic nitrogens is 1. The second-order valence-corrected chi connectivity index (χ2v) is 7.87. The van der Waals surface area contributed by atoms with E-state index >= 15 is 0 Å². The van der Waals surface area contributed by atoms with Gasteiger partial charge in [0, 0.05) is 40.7 Å². The molecular weight excluding hydrogens is 336 g/mol. The summed E-state index contributed by atoms with van der Waals surface area (Å²) in [5, 5.41) is 3.43. The van der Waals surface area contributed by atoms with Gasteiger partial charge in [-0.2, -0.15) is 4.98 Å². The number of oxazole rings is 1. The molecule has 1 aromatic heterocycles. The van der Waals surface area contributed by atoms with Crippen LogP contribution in [0.3, 0.4) is 0 Å². The molecule has 25 heavy (non-hydrogen) atoms. The van der Waals surface area contributed by atoms with Crippen LogP contribution in [0.1, 0.15) is 18.4 Å². The summed E-state index contributed by atoms with van der Waals surface area (Å²) in [7, 11) is -0.871. The molecule has 5 nitrogen and oxygen atoms in total. The van der Waals surface area contributed by atoms with Crippen LogP contribution in [0.2, 0.25) is 0 Å². The van der Waals surface area contributed by atoms with E-state index in [4.69, 9.17) is 9.15 Å². The van der Waals surface area contributed by atoms with E-state index in [0.29, 0.717) is 11.8 Å². The predicted molar refractivity (Wildman–Crippen MR) is 99.4 cm³/mol. The lowest BCUT2D eigenvalue weighted by Crippen LogP contribution is -2.25. The lowest BCUT2D eigenvalue weighted by Gasteiger charge is -2.21. The smallest absolute Gasteiger partial charge is 0.300 e. The zero-order valence-electron chi connectivity index (χ0n) is 13.8. The quantitative estimate of drug-likeness (QED) is 0.748. The molecule has 1 aliphatic rings. The highest BCUT2D eigenvalue weighted by molar-refractivity contribution is 7.84. The first-order valence-corrected chi connectivity index (χ1v) is 9.82. The highest BCUT2D eigenvalue weighted by Crippen LogP contribution is 2.23. The van der Waals surface area contributed by atoms with Crippen molar-refractivity contribution in [2.24, 2.45) is 0 Å². The topological polar surface area (TPSA) is 64.4 Å². The number of rotatable bonds is 5. The zero-order valence-corrected chi connectivity index (χ0v) is 14.6. The van der Waals surface area contributed by atoms with Crippen molar-refractivity contribution in [2.45, 2.75) is 23.8 Å². The lowest BCUT2D eigenvalue weighted by molar-refractivity contribution is 0.0992. The SMILES string of the molecule is O=S(Cc1cccc(Nc2nc3ccccc3o2)c1)C1CCOCC1. The number of hydrogen-bond acceptors (Lipinski definition) is 5. The number of nitrogens with one attached hydrogen (secondary N) is 1. The van der Waals surface area contributed by atoms with Crippen molar-refractivity contribution < 1.29 is 13.4 Å². The molecule has 1 saturated heterocycles. The molecule has 0 spiro atoms. The van der Waals surface area contributed by atoms with E-state index < -0.39 is 10.8 Å². The molecule has 1 aliphatic heterocycles. The number of fused-ring (bicyclic) bond motifs is 1. The Balaban J connectivity index is 1.46. The molecule has 0 radical (unpaired) electrons. The van der Waals surface area contributed by atoms with Gasteiger partial charge in [0.2, 0.25) is 0 Å². The van der Waals surface area contributed by atoms with Crippen LogP contribution in [0.25, 0.3) is 11.1 Å². The first-order chi connectivity index (χ1) is 12.3. The van der Waals surface area contributed by atoms with E-state index in [0.717, 1.165) is 48.4 Å². The van der Waals surface area contributed by atoms with Gasteiger partial charge < -0.3 is 14.5 Å². The Morgan fingerprint density at radius 3 is 2.80 bits per heavy atom. The molecule has 1 fully saturated rings. The third-order valence-corrected chi connectivity index (χ3v) is 6.15. The van der Waals surface area contributed by atoms with Gasteiger partial charge in [-0.1, -0.05) is 24.3 Å². The van der Waals surface area contributed by atoms with Crippen molar-refractivity contribution in [2.75, 3.05) is 18.5 Å². The van der Waals surface area contributed by atoms with Gasteiger partial charge in [0.05, 0.1) is 0 Å². The van der Waals surface area contributed by atoms with E-state index in [9.17, 15) is 4.21 Å². The fourth-order valence-corrected chi connectivity index (χ4v) is 4.47. The number of nitrogens with zero attached hydrogens (tertiary/aromatic N) is 1. The third-order valence-electron chi connectivity index (χ3n) is 4.32. The fourth-order valence-electron chi connectivity index (χ4n) is 3.01. The van der Waals surface area contributed by atoms with Crippen LogP contribution in [-0.4, -0.2) is 27.7 Å². The Hall–Kier alpha value is -2.18. The molecule has 0 amide bonds. The molecule has 0 aliphatic carbocycles. The summed E-state index contributed by atoms with van der Waals surface area (Å²) in [5.41, 5.74) is 3.50. The van der Waals surface area contributed by atoms with Gasteiger partial charge in [0.15, 0.2) is 5.58 Å². The van der Waals surface area contributed by atoms with Crippen LogP contribution in [0.4, 0.5) is 11.7 Å². The van der Waals surface area contributed by atoms with E-state index in [1.807, 2.05) is 48.5 Å². The van der Waals surface area contributed by atoms with Crippen LogP contribution in [0, 0.1) is 0 Å². The number of ether oxygens (including phenoxy) is 1. The van der Waals surface area contributed by atoms with Gasteiger partial charge in [0.1, 0.15) is 5.52 Å². The summed E-state index contributed by atoms with van der Waals surface area (Å²) in [6.45, 7) is 1.44. The maximum absolute atomic E-state index is 12.6. The van der Waals surface area contributed by atoms with Gasteiger partial charge >= 0.3 is 0 Å². The van der Waals surface area contributed by atoms with Crippen LogP contribution in [0.5, 0.6) is 0 Å². The first kappa shape index (κ1) is 16.3. The zero-order chi connectivity index (χ0) is 17.1.